The van der Waals surface area contributed by atoms with Crippen molar-refractivity contribution in [2.24, 2.45) is 5.92 Å². The number of aliphatic carboxylic acids is 1. The number of rotatable bonds is 4. The quantitative estimate of drug-likeness (QED) is 0.828. The van der Waals surface area contributed by atoms with Crippen molar-refractivity contribution < 1.29 is 19.1 Å². The predicted molar refractivity (Wildman–Crippen MR) is 64.8 cm³/mol. The van der Waals surface area contributed by atoms with Gasteiger partial charge in [-0.25, -0.2) is 4.39 Å². The Labute approximate surface area is 109 Å². The number of benzene rings is 1. The molecule has 2 unspecified atom stereocenters. The Kier molecular flexibility index (Phi) is 4.67. The van der Waals surface area contributed by atoms with Crippen molar-refractivity contribution in [2.45, 2.75) is 19.9 Å². The molecule has 0 radical (unpaired) electrons. The summed E-state index contributed by atoms with van der Waals surface area (Å²) in [5.41, 5.74) is 0.531. The van der Waals surface area contributed by atoms with Gasteiger partial charge in [-0.3, -0.25) is 9.59 Å². The second-order valence-corrected chi connectivity index (χ2v) is 4.36. The van der Waals surface area contributed by atoms with Gasteiger partial charge in [0.2, 0.25) is 5.91 Å². The van der Waals surface area contributed by atoms with E-state index in [2.05, 4.69) is 5.32 Å². The molecule has 0 saturated heterocycles. The Bertz CT molecular complexity index is 478. The molecule has 0 aliphatic carbocycles. The molecule has 6 heteroatoms. The van der Waals surface area contributed by atoms with E-state index in [1.807, 2.05) is 0 Å². The largest absolute Gasteiger partial charge is 0.481 e. The molecule has 0 fully saturated rings. The van der Waals surface area contributed by atoms with Crippen molar-refractivity contribution in [3.8, 4) is 0 Å². The van der Waals surface area contributed by atoms with Crippen LogP contribution in [0.5, 0.6) is 0 Å². The van der Waals surface area contributed by atoms with Crippen LogP contribution < -0.4 is 5.32 Å². The lowest BCUT2D eigenvalue weighted by Gasteiger charge is -2.17. The third-order valence-electron chi connectivity index (χ3n) is 2.55. The van der Waals surface area contributed by atoms with Gasteiger partial charge < -0.3 is 10.4 Å². The van der Waals surface area contributed by atoms with Gasteiger partial charge >= 0.3 is 5.97 Å². The minimum absolute atomic E-state index is 0.186. The van der Waals surface area contributed by atoms with E-state index in [4.69, 9.17) is 16.7 Å². The molecule has 18 heavy (non-hydrogen) atoms. The molecule has 2 atom stereocenters. The van der Waals surface area contributed by atoms with Gasteiger partial charge in [0.05, 0.1) is 6.04 Å². The molecular weight excluding hydrogens is 261 g/mol. The molecule has 1 aromatic rings. The zero-order chi connectivity index (χ0) is 13.9. The first-order valence-electron chi connectivity index (χ1n) is 5.31. The highest BCUT2D eigenvalue weighted by Crippen LogP contribution is 2.23. The standard InChI is InChI=1S/C12H13ClFNO3/c1-6(12(17)18)11(16)15-7(2)9-4-3-8(14)5-10(9)13/h3-7H,1-2H3,(H,15,16)(H,17,18). The number of nitrogens with one attached hydrogen (secondary N) is 1. The fourth-order valence-corrected chi connectivity index (χ4v) is 1.71. The first-order chi connectivity index (χ1) is 8.32. The highest BCUT2D eigenvalue weighted by atomic mass is 35.5. The zero-order valence-electron chi connectivity index (χ0n) is 9.91. The number of hydrogen-bond acceptors (Lipinski definition) is 2. The van der Waals surface area contributed by atoms with Crippen LogP contribution in [0.2, 0.25) is 5.02 Å². The van der Waals surface area contributed by atoms with Crippen molar-refractivity contribution in [3.63, 3.8) is 0 Å². The Morgan fingerprint density at radius 2 is 2.00 bits per heavy atom. The molecule has 98 valence electrons. The maximum atomic E-state index is 12.9. The lowest BCUT2D eigenvalue weighted by molar-refractivity contribution is -0.146. The van der Waals surface area contributed by atoms with Crippen molar-refractivity contribution in [1.82, 2.24) is 5.32 Å². The predicted octanol–water partition coefficient (Wildman–Crippen LogP) is 2.38. The van der Waals surface area contributed by atoms with Crippen LogP contribution in [0.25, 0.3) is 0 Å². The molecule has 4 nitrogen and oxygen atoms in total. The summed E-state index contributed by atoms with van der Waals surface area (Å²) in [5.74, 6) is -3.44. The number of carbonyl (C=O) groups excluding carboxylic acids is 1. The first-order valence-corrected chi connectivity index (χ1v) is 5.69. The van der Waals surface area contributed by atoms with Crippen molar-refractivity contribution in [3.05, 3.63) is 34.6 Å². The smallest absolute Gasteiger partial charge is 0.315 e. The molecule has 0 saturated carbocycles. The summed E-state index contributed by atoms with van der Waals surface area (Å²) in [7, 11) is 0. The van der Waals surface area contributed by atoms with Crippen LogP contribution in [0.3, 0.4) is 0 Å². The Morgan fingerprint density at radius 1 is 1.39 bits per heavy atom. The van der Waals surface area contributed by atoms with Gasteiger partial charge in [-0.1, -0.05) is 17.7 Å². The Balaban J connectivity index is 2.79. The van der Waals surface area contributed by atoms with Crippen molar-refractivity contribution in [1.29, 1.82) is 0 Å². The lowest BCUT2D eigenvalue weighted by Crippen LogP contribution is -2.35. The maximum Gasteiger partial charge on any atom is 0.315 e. The van der Waals surface area contributed by atoms with E-state index in [9.17, 15) is 14.0 Å². The van der Waals surface area contributed by atoms with Gasteiger partial charge in [0.25, 0.3) is 0 Å². The normalized spacial score (nSPS) is 13.8. The summed E-state index contributed by atoms with van der Waals surface area (Å²) in [5, 5.41) is 11.4. The molecule has 0 aliphatic heterocycles. The zero-order valence-corrected chi connectivity index (χ0v) is 10.7. The van der Waals surface area contributed by atoms with Gasteiger partial charge in [-0.15, -0.1) is 0 Å². The molecular formula is C12H13ClFNO3. The van der Waals surface area contributed by atoms with Crippen LogP contribution in [0.4, 0.5) is 4.39 Å². The highest BCUT2D eigenvalue weighted by Gasteiger charge is 2.22. The summed E-state index contributed by atoms with van der Waals surface area (Å²) in [6.07, 6.45) is 0. The monoisotopic (exact) mass is 273 g/mol. The van der Waals surface area contributed by atoms with Crippen LogP contribution in [-0.4, -0.2) is 17.0 Å². The second kappa shape index (κ2) is 5.82. The highest BCUT2D eigenvalue weighted by molar-refractivity contribution is 6.31. The fourth-order valence-electron chi connectivity index (χ4n) is 1.38. The van der Waals surface area contributed by atoms with Crippen LogP contribution >= 0.6 is 11.6 Å². The lowest BCUT2D eigenvalue weighted by atomic mass is 10.1. The number of carboxylic acids is 1. The van der Waals surface area contributed by atoms with Crippen LogP contribution in [0, 0.1) is 11.7 Å². The SMILES string of the molecule is CC(C(=O)O)C(=O)NC(C)c1ccc(F)cc1Cl. The van der Waals surface area contributed by atoms with E-state index in [1.54, 1.807) is 6.92 Å². The number of hydrogen-bond donors (Lipinski definition) is 2. The minimum Gasteiger partial charge on any atom is -0.481 e. The summed E-state index contributed by atoms with van der Waals surface area (Å²) >= 11 is 5.84. The molecule has 0 heterocycles. The third kappa shape index (κ3) is 3.43. The first kappa shape index (κ1) is 14.4. The number of amides is 1. The Hall–Kier alpha value is -1.62. The molecule has 0 aromatic heterocycles. The molecule has 1 aromatic carbocycles. The molecule has 2 N–H and O–H groups in total. The van der Waals surface area contributed by atoms with E-state index in [1.165, 1.54) is 19.1 Å². The number of halogens is 2. The third-order valence-corrected chi connectivity index (χ3v) is 2.88. The Morgan fingerprint density at radius 3 is 2.50 bits per heavy atom. The summed E-state index contributed by atoms with van der Waals surface area (Å²) in [6.45, 7) is 2.93. The van der Waals surface area contributed by atoms with Crippen molar-refractivity contribution in [2.75, 3.05) is 0 Å². The summed E-state index contributed by atoms with van der Waals surface area (Å²) in [4.78, 5) is 22.2. The van der Waals surface area contributed by atoms with Gasteiger partial charge in [-0.2, -0.15) is 0 Å². The van der Waals surface area contributed by atoms with E-state index >= 15 is 0 Å². The number of carbonyl (C=O) groups is 2. The van der Waals surface area contributed by atoms with E-state index < -0.39 is 29.7 Å². The molecule has 0 aliphatic rings. The molecule has 0 bridgehead atoms. The van der Waals surface area contributed by atoms with Crippen molar-refractivity contribution >= 4 is 23.5 Å². The van der Waals surface area contributed by atoms with Gasteiger partial charge in [0.15, 0.2) is 0 Å². The van der Waals surface area contributed by atoms with E-state index in [0.29, 0.717) is 5.56 Å². The second-order valence-electron chi connectivity index (χ2n) is 3.96. The van der Waals surface area contributed by atoms with Crippen LogP contribution in [0.15, 0.2) is 18.2 Å². The van der Waals surface area contributed by atoms with Crippen LogP contribution in [0.1, 0.15) is 25.5 Å². The molecule has 0 spiro atoms. The van der Waals surface area contributed by atoms with Gasteiger partial charge in [0.1, 0.15) is 11.7 Å². The van der Waals surface area contributed by atoms with E-state index in [-0.39, 0.29) is 5.02 Å². The molecule has 1 rings (SSSR count). The molecule has 1 amide bonds. The fraction of sp³-hybridized carbons (Fsp3) is 0.333. The maximum absolute atomic E-state index is 12.9. The summed E-state index contributed by atoms with van der Waals surface area (Å²) < 4.78 is 12.9. The van der Waals surface area contributed by atoms with Crippen LogP contribution in [-0.2, 0) is 9.59 Å². The number of carboxylic acid groups (broad SMARTS) is 1. The average Bonchev–Trinajstić information content (AvgIpc) is 2.27. The minimum atomic E-state index is -1.20. The average molecular weight is 274 g/mol. The van der Waals surface area contributed by atoms with Gasteiger partial charge in [-0.05, 0) is 31.5 Å². The van der Waals surface area contributed by atoms with E-state index in [0.717, 1.165) is 6.07 Å². The van der Waals surface area contributed by atoms with Gasteiger partial charge in [0, 0.05) is 5.02 Å². The topological polar surface area (TPSA) is 66.4 Å². The summed E-state index contributed by atoms with van der Waals surface area (Å²) in [6, 6.07) is 3.33.